The van der Waals surface area contributed by atoms with Gasteiger partial charge in [-0.15, -0.1) is 0 Å². The van der Waals surface area contributed by atoms with Crippen LogP contribution in [0, 0.1) is 11.8 Å². The van der Waals surface area contributed by atoms with E-state index in [-0.39, 0.29) is 71.1 Å². The summed E-state index contributed by atoms with van der Waals surface area (Å²) in [6, 6.07) is 7.30. The zero-order valence-corrected chi connectivity index (χ0v) is 22.0. The van der Waals surface area contributed by atoms with Crippen LogP contribution in [0.25, 0.3) is 0 Å². The minimum atomic E-state index is 0. The topological polar surface area (TPSA) is 27.7 Å². The molecule has 0 spiro atoms. The van der Waals surface area contributed by atoms with E-state index in [0.717, 1.165) is 0 Å². The molecule has 0 saturated heterocycles. The molecular formula is C17H29O3RbS2. The van der Waals surface area contributed by atoms with Gasteiger partial charge in [0.05, 0.1) is 6.10 Å². The number of thiol groups is 1. The molecular weight excluding hydrogens is 402 g/mol. The maximum absolute atomic E-state index is 5.76. The van der Waals surface area contributed by atoms with Crippen LogP contribution in [0.3, 0.4) is 0 Å². The molecule has 0 atom stereocenters. The summed E-state index contributed by atoms with van der Waals surface area (Å²) in [5, 5.41) is 0.528. The number of rotatable bonds is 7. The van der Waals surface area contributed by atoms with Crippen molar-refractivity contribution < 1.29 is 71.8 Å². The Bertz CT molecular complexity index is 390. The second-order valence-corrected chi connectivity index (χ2v) is 7.20. The van der Waals surface area contributed by atoms with Crippen molar-refractivity contribution >= 4 is 25.5 Å². The van der Waals surface area contributed by atoms with Crippen LogP contribution in [0.1, 0.15) is 41.5 Å². The Morgan fingerprint density at radius 1 is 0.957 bits per heavy atom. The average molecular weight is 431 g/mol. The summed E-state index contributed by atoms with van der Waals surface area (Å²) in [5.74, 6) is 2.07. The first kappa shape index (κ1) is 26.5. The molecule has 1 rings (SSSR count). The minimum Gasteiger partial charge on any atom is -0.638 e. The number of hydrogen-bond acceptors (Lipinski definition) is 5. The van der Waals surface area contributed by atoms with Crippen LogP contribution >= 0.6 is 12.6 Å². The van der Waals surface area contributed by atoms with Crippen LogP contribution in [0.5, 0.6) is 11.5 Å². The van der Waals surface area contributed by atoms with Gasteiger partial charge in [0.25, 0.3) is 0 Å². The fraction of sp³-hybridized carbons (Fsp3) is 0.647. The fourth-order valence-corrected chi connectivity index (χ4v) is 2.11. The second-order valence-electron chi connectivity index (χ2n) is 6.01. The van der Waals surface area contributed by atoms with Gasteiger partial charge in [-0.05, 0) is 29.2 Å². The van der Waals surface area contributed by atoms with Crippen LogP contribution in [-0.2, 0) is 17.6 Å². The molecule has 0 radical (unpaired) electrons. The van der Waals surface area contributed by atoms with Gasteiger partial charge in [-0.2, -0.15) is 12.6 Å². The molecule has 6 heteroatoms. The molecule has 0 fully saturated rings. The van der Waals surface area contributed by atoms with Crippen LogP contribution in [-0.4, -0.2) is 18.1 Å². The van der Waals surface area contributed by atoms with Gasteiger partial charge in [0.2, 0.25) is 0 Å². The Balaban J connectivity index is 0. The summed E-state index contributed by atoms with van der Waals surface area (Å²) in [5.41, 5.74) is 0. The molecule has 1 aromatic carbocycles. The standard InChI is InChI=1S/C14H22O3S.C3H8S.Rb/c1-10(2)14(11(3)4)16-9-15-12-7-5-6-8-13(12)17-18;1-3(2)4;/h5-8,10-11,14,18H,9H2,1-4H3;3-4H,1-2H3;/q;;+1/p-1. The van der Waals surface area contributed by atoms with Gasteiger partial charge in [0.15, 0.2) is 12.5 Å². The Labute approximate surface area is 202 Å². The third-order valence-corrected chi connectivity index (χ3v) is 2.91. The van der Waals surface area contributed by atoms with Crippen LogP contribution in [0.15, 0.2) is 24.3 Å². The first-order chi connectivity index (χ1) is 10.3. The van der Waals surface area contributed by atoms with E-state index in [1.807, 2.05) is 32.0 Å². The zero-order valence-electron chi connectivity index (χ0n) is 15.4. The van der Waals surface area contributed by atoms with E-state index >= 15 is 0 Å². The van der Waals surface area contributed by atoms with Gasteiger partial charge in [-0.25, -0.2) is 0 Å². The largest absolute Gasteiger partial charge is 1.00 e. The molecule has 3 nitrogen and oxygen atoms in total. The van der Waals surface area contributed by atoms with Crippen molar-refractivity contribution in [2.45, 2.75) is 52.9 Å². The maximum Gasteiger partial charge on any atom is 1.00 e. The van der Waals surface area contributed by atoms with Crippen LogP contribution in [0.4, 0.5) is 0 Å². The van der Waals surface area contributed by atoms with E-state index in [2.05, 4.69) is 53.2 Å². The van der Waals surface area contributed by atoms with Crippen molar-refractivity contribution in [1.29, 1.82) is 0 Å². The molecule has 128 valence electrons. The van der Waals surface area contributed by atoms with E-state index in [0.29, 0.717) is 28.6 Å². The summed E-state index contributed by atoms with van der Waals surface area (Å²) in [6.45, 7) is 12.8. The fourth-order valence-electron chi connectivity index (χ4n) is 1.97. The smallest absolute Gasteiger partial charge is 0.638 e. The monoisotopic (exact) mass is 430 g/mol. The van der Waals surface area contributed by atoms with Gasteiger partial charge < -0.3 is 26.6 Å². The number of ether oxygens (including phenoxy) is 2. The Kier molecular flexibility index (Phi) is 17.9. The third kappa shape index (κ3) is 13.2. The molecule has 0 amide bonds. The first-order valence-electron chi connectivity index (χ1n) is 7.60. The van der Waals surface area contributed by atoms with Gasteiger partial charge in [-0.1, -0.05) is 53.7 Å². The van der Waals surface area contributed by atoms with Crippen molar-refractivity contribution in [2.24, 2.45) is 11.8 Å². The van der Waals surface area contributed by atoms with Crippen molar-refractivity contribution in [3.63, 3.8) is 0 Å². The minimum absolute atomic E-state index is 0. The maximum atomic E-state index is 5.76. The number of hydrogen-bond donors (Lipinski definition) is 1. The summed E-state index contributed by atoms with van der Waals surface area (Å²) in [7, 11) is 0. The van der Waals surface area contributed by atoms with Crippen LogP contribution in [0.2, 0.25) is 0 Å². The van der Waals surface area contributed by atoms with Gasteiger partial charge in [0, 0.05) is 0 Å². The number of benzene rings is 1. The summed E-state index contributed by atoms with van der Waals surface area (Å²) >= 11 is 8.54. The molecule has 0 aliphatic heterocycles. The van der Waals surface area contributed by atoms with Gasteiger partial charge in [0.1, 0.15) is 5.75 Å². The van der Waals surface area contributed by atoms with Gasteiger partial charge >= 0.3 is 58.2 Å². The average Bonchev–Trinajstić information content (AvgIpc) is 2.42. The first-order valence-corrected chi connectivity index (χ1v) is 8.45. The molecule has 1 aromatic rings. The Morgan fingerprint density at radius 2 is 1.39 bits per heavy atom. The predicted molar refractivity (Wildman–Crippen MR) is 98.6 cm³/mol. The van der Waals surface area contributed by atoms with E-state index in [9.17, 15) is 0 Å². The molecule has 23 heavy (non-hydrogen) atoms. The summed E-state index contributed by atoms with van der Waals surface area (Å²) in [4.78, 5) is 0. The van der Waals surface area contributed by atoms with E-state index in [1.54, 1.807) is 6.07 Å². The molecule has 0 N–H and O–H groups in total. The Hall–Kier alpha value is 1.29. The van der Waals surface area contributed by atoms with Gasteiger partial charge in [-0.3, -0.25) is 0 Å². The van der Waals surface area contributed by atoms with E-state index in [1.165, 1.54) is 0 Å². The van der Waals surface area contributed by atoms with Crippen molar-refractivity contribution in [3.05, 3.63) is 24.3 Å². The molecule has 0 heterocycles. The summed E-state index contributed by atoms with van der Waals surface area (Å²) in [6.07, 6.45) is 0.182. The molecule has 0 aliphatic rings. The molecule has 0 unspecified atom stereocenters. The Morgan fingerprint density at radius 3 is 1.78 bits per heavy atom. The van der Waals surface area contributed by atoms with Crippen molar-refractivity contribution in [2.75, 3.05) is 6.79 Å². The van der Waals surface area contributed by atoms with Crippen molar-refractivity contribution in [3.8, 4) is 11.5 Å². The second kappa shape index (κ2) is 15.5. The summed E-state index contributed by atoms with van der Waals surface area (Å²) < 4.78 is 16.1. The van der Waals surface area contributed by atoms with E-state index in [4.69, 9.17) is 13.7 Å². The molecule has 0 bridgehead atoms. The quantitative estimate of drug-likeness (QED) is 0.406. The normalized spacial score (nSPS) is 10.4. The number of para-hydroxylation sites is 2. The molecule has 0 saturated carbocycles. The zero-order chi connectivity index (χ0) is 17.1. The third-order valence-electron chi connectivity index (χ3n) is 2.73. The predicted octanol–water partition coefficient (Wildman–Crippen LogP) is 1.89. The molecule has 0 aliphatic carbocycles. The van der Waals surface area contributed by atoms with E-state index < -0.39 is 0 Å². The van der Waals surface area contributed by atoms with Crippen molar-refractivity contribution in [1.82, 2.24) is 0 Å². The van der Waals surface area contributed by atoms with Crippen LogP contribution < -0.4 is 67.1 Å². The SMILES string of the molecule is CC(C)C(OCOc1ccccc1O[S-])C(C)C.CC(C)S.[Rb+]. The molecule has 0 aromatic heterocycles.